The monoisotopic (exact) mass is 363 g/mol. The van der Waals surface area contributed by atoms with E-state index < -0.39 is 0 Å². The lowest BCUT2D eigenvalue weighted by atomic mass is 9.86. The molecule has 1 atom stereocenters. The fourth-order valence-electron chi connectivity index (χ4n) is 2.66. The van der Waals surface area contributed by atoms with Crippen LogP contribution in [0.4, 0.5) is 0 Å². The van der Waals surface area contributed by atoms with Crippen molar-refractivity contribution in [2.75, 3.05) is 0 Å². The second kappa shape index (κ2) is 15.3. The van der Waals surface area contributed by atoms with Gasteiger partial charge in [-0.2, -0.15) is 0 Å². The molecule has 0 spiro atoms. The Morgan fingerprint density at radius 2 is 1.05 bits per heavy atom. The highest BCUT2D eigenvalue weighted by molar-refractivity contribution is 8.93. The van der Waals surface area contributed by atoms with Gasteiger partial charge in [-0.1, -0.05) is 90.9 Å². The first-order chi connectivity index (χ1) is 9.48. The SMILES string of the molecule is Br.CCCCCCCCCCCCCCC(C)C(C)(C)N. The molecule has 2 N–H and O–H groups in total. The lowest BCUT2D eigenvalue weighted by molar-refractivity contribution is 0.316. The molecule has 0 fully saturated rings. The van der Waals surface area contributed by atoms with Crippen LogP contribution in [0.15, 0.2) is 0 Å². The van der Waals surface area contributed by atoms with Gasteiger partial charge in [-0.25, -0.2) is 0 Å². The molecule has 0 aromatic rings. The Bertz CT molecular complexity index is 198. The molecule has 0 rings (SSSR count). The molecule has 0 aromatic heterocycles. The first-order valence-electron chi connectivity index (χ1n) is 9.27. The van der Waals surface area contributed by atoms with Crippen LogP contribution in [0.25, 0.3) is 0 Å². The van der Waals surface area contributed by atoms with Crippen LogP contribution in [0.5, 0.6) is 0 Å². The van der Waals surface area contributed by atoms with Crippen LogP contribution in [0.2, 0.25) is 0 Å². The zero-order valence-corrected chi connectivity index (χ0v) is 17.0. The maximum atomic E-state index is 6.12. The zero-order chi connectivity index (χ0) is 15.3. The third kappa shape index (κ3) is 16.6. The number of halogens is 1. The second-order valence-electron chi connectivity index (χ2n) is 7.40. The van der Waals surface area contributed by atoms with Crippen molar-refractivity contribution in [1.82, 2.24) is 0 Å². The van der Waals surface area contributed by atoms with Crippen molar-refractivity contribution in [2.45, 2.75) is 117 Å². The zero-order valence-electron chi connectivity index (χ0n) is 15.3. The number of nitrogens with two attached hydrogens (primary N) is 1. The lowest BCUT2D eigenvalue weighted by Crippen LogP contribution is -2.39. The first kappa shape index (κ1) is 23.7. The van der Waals surface area contributed by atoms with E-state index in [2.05, 4.69) is 27.7 Å². The quantitative estimate of drug-likeness (QED) is 0.329. The fourth-order valence-corrected chi connectivity index (χ4v) is 2.66. The van der Waals surface area contributed by atoms with Crippen molar-refractivity contribution < 1.29 is 0 Å². The van der Waals surface area contributed by atoms with Crippen molar-refractivity contribution in [3.05, 3.63) is 0 Å². The summed E-state index contributed by atoms with van der Waals surface area (Å²) in [6, 6.07) is 0. The van der Waals surface area contributed by atoms with Gasteiger partial charge < -0.3 is 5.73 Å². The summed E-state index contributed by atoms with van der Waals surface area (Å²) in [5.41, 5.74) is 6.12. The fraction of sp³-hybridized carbons (Fsp3) is 1.00. The van der Waals surface area contributed by atoms with Crippen LogP contribution >= 0.6 is 17.0 Å². The van der Waals surface area contributed by atoms with Crippen LogP contribution in [-0.2, 0) is 0 Å². The molecule has 1 unspecified atom stereocenters. The molecule has 0 aliphatic heterocycles. The van der Waals surface area contributed by atoms with Gasteiger partial charge in [-0.3, -0.25) is 0 Å². The molecular formula is C19H42BrN. The molecule has 21 heavy (non-hydrogen) atoms. The summed E-state index contributed by atoms with van der Waals surface area (Å²) in [6.45, 7) is 8.88. The largest absolute Gasteiger partial charge is 0.325 e. The van der Waals surface area contributed by atoms with E-state index in [1.54, 1.807) is 0 Å². The van der Waals surface area contributed by atoms with Crippen molar-refractivity contribution >= 4 is 17.0 Å². The van der Waals surface area contributed by atoms with Gasteiger partial charge in [0.15, 0.2) is 0 Å². The number of rotatable bonds is 14. The molecule has 0 aliphatic rings. The van der Waals surface area contributed by atoms with Gasteiger partial charge in [0.2, 0.25) is 0 Å². The highest BCUT2D eigenvalue weighted by Crippen LogP contribution is 2.20. The molecule has 2 heteroatoms. The molecular weight excluding hydrogens is 322 g/mol. The van der Waals surface area contributed by atoms with Gasteiger partial charge in [-0.05, 0) is 26.2 Å². The molecule has 0 aliphatic carbocycles. The Kier molecular flexibility index (Phi) is 17.3. The van der Waals surface area contributed by atoms with Gasteiger partial charge in [-0.15, -0.1) is 17.0 Å². The lowest BCUT2D eigenvalue weighted by Gasteiger charge is -2.27. The molecule has 0 saturated heterocycles. The normalized spacial score (nSPS) is 13.0. The summed E-state index contributed by atoms with van der Waals surface area (Å²) >= 11 is 0. The third-order valence-electron chi connectivity index (χ3n) is 4.76. The van der Waals surface area contributed by atoms with E-state index >= 15 is 0 Å². The van der Waals surface area contributed by atoms with Gasteiger partial charge in [0, 0.05) is 5.54 Å². The van der Waals surface area contributed by atoms with Crippen molar-refractivity contribution in [1.29, 1.82) is 0 Å². The molecule has 0 radical (unpaired) electrons. The second-order valence-corrected chi connectivity index (χ2v) is 7.40. The van der Waals surface area contributed by atoms with Crippen molar-refractivity contribution in [3.63, 3.8) is 0 Å². The minimum absolute atomic E-state index is 0. The Hall–Kier alpha value is 0.440. The van der Waals surface area contributed by atoms with Crippen LogP contribution < -0.4 is 5.73 Å². The van der Waals surface area contributed by atoms with E-state index in [-0.39, 0.29) is 22.5 Å². The average Bonchev–Trinajstić information content (AvgIpc) is 2.38. The molecule has 130 valence electrons. The molecule has 0 amide bonds. The number of hydrogen-bond donors (Lipinski definition) is 1. The standard InChI is InChI=1S/C19H41N.BrH/c1-5-6-7-8-9-10-11-12-13-14-15-16-17-18(2)19(3,4)20;/h18H,5-17,20H2,1-4H3;1H. The van der Waals surface area contributed by atoms with Gasteiger partial charge in [0.1, 0.15) is 0 Å². The molecule has 0 heterocycles. The van der Waals surface area contributed by atoms with E-state index in [4.69, 9.17) is 5.73 Å². The number of unbranched alkanes of at least 4 members (excludes halogenated alkanes) is 11. The van der Waals surface area contributed by atoms with Gasteiger partial charge in [0.25, 0.3) is 0 Å². The molecule has 1 nitrogen and oxygen atoms in total. The molecule has 0 aromatic carbocycles. The summed E-state index contributed by atoms with van der Waals surface area (Å²) in [5.74, 6) is 0.644. The first-order valence-corrected chi connectivity index (χ1v) is 9.27. The highest BCUT2D eigenvalue weighted by Gasteiger charge is 2.19. The predicted molar refractivity (Wildman–Crippen MR) is 103 cm³/mol. The topological polar surface area (TPSA) is 26.0 Å². The Balaban J connectivity index is 0. The van der Waals surface area contributed by atoms with Crippen molar-refractivity contribution in [2.24, 2.45) is 11.7 Å². The predicted octanol–water partition coefficient (Wildman–Crippen LogP) is 7.03. The summed E-state index contributed by atoms with van der Waals surface area (Å²) in [4.78, 5) is 0. The average molecular weight is 364 g/mol. The maximum Gasteiger partial charge on any atom is 0.0123 e. The maximum absolute atomic E-state index is 6.12. The smallest absolute Gasteiger partial charge is 0.0123 e. The van der Waals surface area contributed by atoms with Gasteiger partial charge in [0.05, 0.1) is 0 Å². The van der Waals surface area contributed by atoms with E-state index in [1.165, 1.54) is 83.5 Å². The van der Waals surface area contributed by atoms with Crippen LogP contribution in [0, 0.1) is 5.92 Å². The van der Waals surface area contributed by atoms with Crippen LogP contribution in [0.1, 0.15) is 111 Å². The van der Waals surface area contributed by atoms with E-state index in [0.29, 0.717) is 5.92 Å². The highest BCUT2D eigenvalue weighted by atomic mass is 79.9. The Labute approximate surface area is 145 Å². The van der Waals surface area contributed by atoms with E-state index in [9.17, 15) is 0 Å². The summed E-state index contributed by atoms with van der Waals surface area (Å²) in [6.07, 6.45) is 18.4. The number of hydrogen-bond acceptors (Lipinski definition) is 1. The Morgan fingerprint density at radius 3 is 1.38 bits per heavy atom. The minimum Gasteiger partial charge on any atom is -0.325 e. The minimum atomic E-state index is -0.00221. The Morgan fingerprint density at radius 1 is 0.714 bits per heavy atom. The van der Waals surface area contributed by atoms with Crippen LogP contribution in [-0.4, -0.2) is 5.54 Å². The molecule has 0 saturated carbocycles. The molecule has 0 bridgehead atoms. The summed E-state index contributed by atoms with van der Waals surface area (Å²) in [5, 5.41) is 0. The summed E-state index contributed by atoms with van der Waals surface area (Å²) < 4.78 is 0. The summed E-state index contributed by atoms with van der Waals surface area (Å²) in [7, 11) is 0. The van der Waals surface area contributed by atoms with Gasteiger partial charge >= 0.3 is 0 Å². The van der Waals surface area contributed by atoms with E-state index in [0.717, 1.165) is 0 Å². The van der Waals surface area contributed by atoms with E-state index in [1.807, 2.05) is 0 Å². The third-order valence-corrected chi connectivity index (χ3v) is 4.76. The van der Waals surface area contributed by atoms with Crippen molar-refractivity contribution in [3.8, 4) is 0 Å². The van der Waals surface area contributed by atoms with Crippen LogP contribution in [0.3, 0.4) is 0 Å².